The molecule has 2 unspecified atom stereocenters. The first kappa shape index (κ1) is 19.7. The van der Waals surface area contributed by atoms with Gasteiger partial charge < -0.3 is 15.1 Å². The van der Waals surface area contributed by atoms with E-state index in [2.05, 4.69) is 15.6 Å². The summed E-state index contributed by atoms with van der Waals surface area (Å²) >= 11 is 5.91. The molecule has 1 aromatic heterocycles. The van der Waals surface area contributed by atoms with E-state index in [-0.39, 0.29) is 24.3 Å². The molecule has 3 rings (SSSR count). The molecule has 2 amide bonds. The molecule has 8 heteroatoms. The van der Waals surface area contributed by atoms with Crippen molar-refractivity contribution in [3.05, 3.63) is 69.2 Å². The van der Waals surface area contributed by atoms with Crippen LogP contribution in [0.1, 0.15) is 43.5 Å². The topological polar surface area (TPSA) is 104 Å². The zero-order chi connectivity index (χ0) is 20.3. The standard InChI is InChI=1S/C20H20ClN3O4/c1-11(14-5-8-16-18(9-14)28-20(27)24-16)22-19(26)10-17(23-12(2)25)13-3-6-15(21)7-4-13/h3-9,11,17H,10H2,1-2H3,(H,22,26)(H,23,25)(H,24,27). The Hall–Kier alpha value is -3.06. The molecule has 7 nitrogen and oxygen atoms in total. The van der Waals surface area contributed by atoms with Crippen molar-refractivity contribution in [2.45, 2.75) is 32.4 Å². The second-order valence-electron chi connectivity index (χ2n) is 6.57. The Kier molecular flexibility index (Phi) is 5.84. The average molecular weight is 402 g/mol. The number of nitrogens with one attached hydrogen (secondary N) is 3. The minimum absolute atomic E-state index is 0.0764. The largest absolute Gasteiger partial charge is 0.417 e. The molecule has 0 spiro atoms. The van der Waals surface area contributed by atoms with Gasteiger partial charge in [-0.3, -0.25) is 14.6 Å². The van der Waals surface area contributed by atoms with E-state index < -0.39 is 11.8 Å². The number of halogens is 1. The fraction of sp³-hybridized carbons (Fsp3) is 0.250. The lowest BCUT2D eigenvalue weighted by molar-refractivity contribution is -0.123. The second-order valence-corrected chi connectivity index (χ2v) is 7.00. The number of oxazole rings is 1. The van der Waals surface area contributed by atoms with Gasteiger partial charge >= 0.3 is 5.76 Å². The van der Waals surface area contributed by atoms with Gasteiger partial charge in [-0.15, -0.1) is 0 Å². The molecule has 0 radical (unpaired) electrons. The van der Waals surface area contributed by atoms with Crippen molar-refractivity contribution in [1.82, 2.24) is 15.6 Å². The number of fused-ring (bicyclic) bond motifs is 1. The van der Waals surface area contributed by atoms with E-state index in [9.17, 15) is 14.4 Å². The summed E-state index contributed by atoms with van der Waals surface area (Å²) in [6.45, 7) is 3.24. The van der Waals surface area contributed by atoms with Crippen LogP contribution in [0.5, 0.6) is 0 Å². The van der Waals surface area contributed by atoms with Crippen LogP contribution in [0.15, 0.2) is 51.7 Å². The third-order valence-electron chi connectivity index (χ3n) is 4.36. The number of aromatic nitrogens is 1. The van der Waals surface area contributed by atoms with Crippen molar-refractivity contribution < 1.29 is 14.0 Å². The monoisotopic (exact) mass is 401 g/mol. The van der Waals surface area contributed by atoms with E-state index in [1.807, 2.05) is 13.0 Å². The molecule has 0 aliphatic rings. The smallest absolute Gasteiger partial charge is 0.408 e. The molecule has 0 fully saturated rings. The van der Waals surface area contributed by atoms with E-state index in [1.165, 1.54) is 6.92 Å². The fourth-order valence-corrected chi connectivity index (χ4v) is 3.12. The highest BCUT2D eigenvalue weighted by Gasteiger charge is 2.19. The molecule has 0 bridgehead atoms. The lowest BCUT2D eigenvalue weighted by atomic mass is 10.0. The Balaban J connectivity index is 1.70. The first-order valence-electron chi connectivity index (χ1n) is 8.76. The Morgan fingerprint density at radius 1 is 1.11 bits per heavy atom. The third kappa shape index (κ3) is 4.80. The molecule has 3 aromatic rings. The van der Waals surface area contributed by atoms with Crippen LogP contribution in [-0.4, -0.2) is 16.8 Å². The van der Waals surface area contributed by atoms with E-state index >= 15 is 0 Å². The van der Waals surface area contributed by atoms with Crippen molar-refractivity contribution in [3.63, 3.8) is 0 Å². The summed E-state index contributed by atoms with van der Waals surface area (Å²) in [6.07, 6.45) is 0.0764. The Labute approximate surface area is 166 Å². The van der Waals surface area contributed by atoms with Gasteiger partial charge in [0.05, 0.1) is 24.0 Å². The summed E-state index contributed by atoms with van der Waals surface area (Å²) in [6, 6.07) is 11.5. The molecular formula is C20H20ClN3O4. The molecule has 1 heterocycles. The average Bonchev–Trinajstić information content (AvgIpc) is 3.00. The minimum Gasteiger partial charge on any atom is -0.408 e. The van der Waals surface area contributed by atoms with Crippen molar-refractivity contribution in [1.29, 1.82) is 0 Å². The highest BCUT2D eigenvalue weighted by molar-refractivity contribution is 6.30. The van der Waals surface area contributed by atoms with Crippen molar-refractivity contribution in [2.75, 3.05) is 0 Å². The van der Waals surface area contributed by atoms with Gasteiger partial charge in [-0.05, 0) is 42.3 Å². The van der Waals surface area contributed by atoms with Gasteiger partial charge in [-0.2, -0.15) is 0 Å². The molecule has 28 heavy (non-hydrogen) atoms. The zero-order valence-corrected chi connectivity index (χ0v) is 16.2. The zero-order valence-electron chi connectivity index (χ0n) is 15.4. The first-order valence-corrected chi connectivity index (χ1v) is 9.14. The number of hydrogen-bond donors (Lipinski definition) is 3. The molecule has 2 aromatic carbocycles. The van der Waals surface area contributed by atoms with Crippen LogP contribution in [0.4, 0.5) is 0 Å². The number of H-pyrrole nitrogens is 1. The lowest BCUT2D eigenvalue weighted by Crippen LogP contribution is -2.33. The van der Waals surface area contributed by atoms with E-state index in [0.717, 1.165) is 11.1 Å². The number of rotatable bonds is 6. The number of carbonyl (C=O) groups is 2. The highest BCUT2D eigenvalue weighted by Crippen LogP contribution is 2.22. The summed E-state index contributed by atoms with van der Waals surface area (Å²) in [7, 11) is 0. The van der Waals surface area contributed by atoms with Gasteiger partial charge in [0.25, 0.3) is 0 Å². The van der Waals surface area contributed by atoms with Gasteiger partial charge in [-0.25, -0.2) is 4.79 Å². The van der Waals surface area contributed by atoms with E-state index in [4.69, 9.17) is 16.0 Å². The minimum atomic E-state index is -0.523. The Morgan fingerprint density at radius 3 is 2.46 bits per heavy atom. The number of amides is 2. The third-order valence-corrected chi connectivity index (χ3v) is 4.61. The summed E-state index contributed by atoms with van der Waals surface area (Å²) in [4.78, 5) is 37.9. The van der Waals surface area contributed by atoms with Crippen LogP contribution in [0, 0.1) is 0 Å². The maximum absolute atomic E-state index is 12.6. The van der Waals surface area contributed by atoms with E-state index in [0.29, 0.717) is 16.1 Å². The Bertz CT molecular complexity index is 1060. The van der Waals surface area contributed by atoms with Crippen LogP contribution in [0.25, 0.3) is 11.1 Å². The quantitative estimate of drug-likeness (QED) is 0.589. The maximum Gasteiger partial charge on any atom is 0.417 e. The molecule has 146 valence electrons. The van der Waals surface area contributed by atoms with Crippen LogP contribution >= 0.6 is 11.6 Å². The normalized spacial score (nSPS) is 13.1. The second kappa shape index (κ2) is 8.31. The molecule has 0 aliphatic heterocycles. The lowest BCUT2D eigenvalue weighted by Gasteiger charge is -2.20. The van der Waals surface area contributed by atoms with Crippen LogP contribution in [0.3, 0.4) is 0 Å². The number of benzene rings is 2. The van der Waals surface area contributed by atoms with Crippen molar-refractivity contribution in [2.24, 2.45) is 0 Å². The number of aromatic amines is 1. The number of hydrogen-bond acceptors (Lipinski definition) is 4. The summed E-state index contributed by atoms with van der Waals surface area (Å²) < 4.78 is 5.06. The van der Waals surface area contributed by atoms with Crippen LogP contribution < -0.4 is 16.4 Å². The Morgan fingerprint density at radius 2 is 1.79 bits per heavy atom. The van der Waals surface area contributed by atoms with Gasteiger partial charge in [-0.1, -0.05) is 29.8 Å². The summed E-state index contributed by atoms with van der Waals surface area (Å²) in [5.74, 6) is -0.976. The van der Waals surface area contributed by atoms with Crippen molar-refractivity contribution in [3.8, 4) is 0 Å². The highest BCUT2D eigenvalue weighted by atomic mass is 35.5. The molecule has 3 N–H and O–H groups in total. The molecule has 0 saturated carbocycles. The predicted molar refractivity (Wildman–Crippen MR) is 106 cm³/mol. The van der Waals surface area contributed by atoms with Crippen LogP contribution in [-0.2, 0) is 9.59 Å². The first-order chi connectivity index (χ1) is 13.3. The summed E-state index contributed by atoms with van der Waals surface area (Å²) in [5, 5.41) is 6.27. The predicted octanol–water partition coefficient (Wildman–Crippen LogP) is 3.22. The van der Waals surface area contributed by atoms with E-state index in [1.54, 1.807) is 36.4 Å². The van der Waals surface area contributed by atoms with Gasteiger partial charge in [0.15, 0.2) is 5.58 Å². The van der Waals surface area contributed by atoms with Crippen molar-refractivity contribution >= 4 is 34.5 Å². The maximum atomic E-state index is 12.6. The summed E-state index contributed by atoms with van der Waals surface area (Å²) in [5.41, 5.74) is 2.62. The molecule has 0 aliphatic carbocycles. The fourth-order valence-electron chi connectivity index (χ4n) is 2.99. The SMILES string of the molecule is CC(=O)NC(CC(=O)NC(C)c1ccc2[nH]c(=O)oc2c1)c1ccc(Cl)cc1. The molecule has 0 saturated heterocycles. The number of carbonyl (C=O) groups excluding carboxylic acids is 2. The van der Waals surface area contributed by atoms with Gasteiger partial charge in [0.1, 0.15) is 0 Å². The van der Waals surface area contributed by atoms with Gasteiger partial charge in [0.2, 0.25) is 11.8 Å². The van der Waals surface area contributed by atoms with Gasteiger partial charge in [0, 0.05) is 11.9 Å². The van der Waals surface area contributed by atoms with Crippen LogP contribution in [0.2, 0.25) is 5.02 Å². The molecule has 2 atom stereocenters. The molecular weight excluding hydrogens is 382 g/mol.